The summed E-state index contributed by atoms with van der Waals surface area (Å²) in [6, 6.07) is 14.9. The molecule has 1 aliphatic rings. The van der Waals surface area contributed by atoms with Crippen LogP contribution in [0.25, 0.3) is 10.9 Å². The lowest BCUT2D eigenvalue weighted by molar-refractivity contribution is 0.474. The summed E-state index contributed by atoms with van der Waals surface area (Å²) in [5.41, 5.74) is 3.72. The Labute approximate surface area is 142 Å². The lowest BCUT2D eigenvalue weighted by Gasteiger charge is -2.17. The molecular weight excluding hydrogens is 325 g/mol. The fraction of sp³-hybridized carbons (Fsp3) is 0.263. The highest BCUT2D eigenvalue weighted by molar-refractivity contribution is 7.69. The first-order valence-electron chi connectivity index (χ1n) is 7.89. The van der Waals surface area contributed by atoms with Crippen molar-refractivity contribution < 1.29 is 4.52 Å². The zero-order valence-corrected chi connectivity index (χ0v) is 14.9. The molecule has 0 saturated heterocycles. The standard InChI is InChI=1S/C19H19ClNOP/c1-12-19(17-11-15(20)8-9-18(17)21-12)23(22-2)16-5-3-4-14(10-16)13-6-7-13/h3-5,8-11,13,21H,6-7H2,1-2H3. The van der Waals surface area contributed by atoms with E-state index in [2.05, 4.69) is 36.2 Å². The van der Waals surface area contributed by atoms with Crippen molar-refractivity contribution in [3.63, 3.8) is 0 Å². The maximum absolute atomic E-state index is 6.22. The van der Waals surface area contributed by atoms with Gasteiger partial charge in [-0.15, -0.1) is 0 Å². The van der Waals surface area contributed by atoms with Crippen LogP contribution in [-0.2, 0) is 4.52 Å². The van der Waals surface area contributed by atoms with Crippen LogP contribution >= 0.6 is 19.7 Å². The van der Waals surface area contributed by atoms with Crippen molar-refractivity contribution in [1.82, 2.24) is 4.98 Å². The minimum atomic E-state index is -0.848. The topological polar surface area (TPSA) is 25.0 Å². The lowest BCUT2D eigenvalue weighted by Crippen LogP contribution is -2.15. The molecule has 1 aromatic heterocycles. The molecule has 1 atom stereocenters. The molecule has 23 heavy (non-hydrogen) atoms. The van der Waals surface area contributed by atoms with E-state index in [-0.39, 0.29) is 0 Å². The number of nitrogens with one attached hydrogen (secondary N) is 1. The number of aryl methyl sites for hydroxylation is 1. The van der Waals surface area contributed by atoms with Crippen LogP contribution in [0.15, 0.2) is 42.5 Å². The third-order valence-electron chi connectivity index (χ3n) is 4.45. The molecule has 0 aliphatic heterocycles. The van der Waals surface area contributed by atoms with Gasteiger partial charge in [0, 0.05) is 39.3 Å². The summed E-state index contributed by atoms with van der Waals surface area (Å²) < 4.78 is 5.97. The molecule has 1 aliphatic carbocycles. The third-order valence-corrected chi connectivity index (χ3v) is 6.78. The van der Waals surface area contributed by atoms with Crippen LogP contribution in [-0.4, -0.2) is 12.1 Å². The summed E-state index contributed by atoms with van der Waals surface area (Å²) >= 11 is 6.22. The smallest absolute Gasteiger partial charge is 0.0937 e. The molecule has 2 aromatic carbocycles. The Balaban J connectivity index is 1.85. The molecule has 0 radical (unpaired) electrons. The molecule has 118 valence electrons. The number of halogens is 1. The SMILES string of the molecule is COP(c1cccc(C2CC2)c1)c1c(C)[nH]c2ccc(Cl)cc12. The number of hydrogen-bond acceptors (Lipinski definition) is 1. The highest BCUT2D eigenvalue weighted by Gasteiger charge is 2.26. The zero-order valence-electron chi connectivity index (χ0n) is 13.3. The van der Waals surface area contributed by atoms with E-state index in [0.29, 0.717) is 0 Å². The van der Waals surface area contributed by atoms with E-state index in [0.717, 1.165) is 22.2 Å². The Morgan fingerprint density at radius 3 is 2.74 bits per heavy atom. The van der Waals surface area contributed by atoms with Crippen molar-refractivity contribution in [3.05, 3.63) is 58.7 Å². The molecule has 1 N–H and O–H groups in total. The fourth-order valence-electron chi connectivity index (χ4n) is 3.19. The predicted molar refractivity (Wildman–Crippen MR) is 99.7 cm³/mol. The second-order valence-electron chi connectivity index (χ2n) is 6.13. The molecule has 1 fully saturated rings. The van der Waals surface area contributed by atoms with Crippen molar-refractivity contribution in [2.24, 2.45) is 0 Å². The van der Waals surface area contributed by atoms with Gasteiger partial charge in [-0.25, -0.2) is 0 Å². The van der Waals surface area contributed by atoms with Crippen LogP contribution in [0.2, 0.25) is 5.02 Å². The third kappa shape index (κ3) is 2.80. The summed E-state index contributed by atoms with van der Waals surface area (Å²) in [6.45, 7) is 2.11. The number of aromatic amines is 1. The van der Waals surface area contributed by atoms with Crippen molar-refractivity contribution in [1.29, 1.82) is 0 Å². The Kier molecular flexibility index (Phi) is 3.93. The molecular formula is C19H19ClNOP. The van der Waals surface area contributed by atoms with Gasteiger partial charge in [-0.05, 0) is 55.5 Å². The summed E-state index contributed by atoms with van der Waals surface area (Å²) in [5, 5.41) is 4.44. The van der Waals surface area contributed by atoms with Gasteiger partial charge in [0.1, 0.15) is 0 Å². The van der Waals surface area contributed by atoms with Gasteiger partial charge in [-0.3, -0.25) is 0 Å². The van der Waals surface area contributed by atoms with Gasteiger partial charge in [-0.2, -0.15) is 0 Å². The van der Waals surface area contributed by atoms with E-state index < -0.39 is 8.15 Å². The minimum absolute atomic E-state index is 0.752. The van der Waals surface area contributed by atoms with Crippen LogP contribution in [0.3, 0.4) is 0 Å². The van der Waals surface area contributed by atoms with E-state index in [9.17, 15) is 0 Å². The van der Waals surface area contributed by atoms with Gasteiger partial charge < -0.3 is 9.51 Å². The molecule has 1 saturated carbocycles. The number of aromatic nitrogens is 1. The van der Waals surface area contributed by atoms with Crippen LogP contribution in [0.4, 0.5) is 0 Å². The Hall–Kier alpha value is -1.34. The first kappa shape index (κ1) is 15.2. The number of hydrogen-bond donors (Lipinski definition) is 1. The zero-order chi connectivity index (χ0) is 16.0. The molecule has 4 rings (SSSR count). The quantitative estimate of drug-likeness (QED) is 0.662. The minimum Gasteiger partial charge on any atom is -0.358 e. The van der Waals surface area contributed by atoms with Crippen molar-refractivity contribution in [3.8, 4) is 0 Å². The Morgan fingerprint density at radius 1 is 1.17 bits per heavy atom. The van der Waals surface area contributed by atoms with Crippen molar-refractivity contribution in [2.45, 2.75) is 25.7 Å². The molecule has 2 nitrogen and oxygen atoms in total. The molecule has 4 heteroatoms. The van der Waals surface area contributed by atoms with Crippen molar-refractivity contribution >= 4 is 41.3 Å². The Morgan fingerprint density at radius 2 is 2.00 bits per heavy atom. The molecule has 0 bridgehead atoms. The van der Waals surface area contributed by atoms with Crippen molar-refractivity contribution in [2.75, 3.05) is 7.11 Å². The van der Waals surface area contributed by atoms with E-state index >= 15 is 0 Å². The largest absolute Gasteiger partial charge is 0.358 e. The van der Waals surface area contributed by atoms with Gasteiger partial charge in [0.2, 0.25) is 0 Å². The normalized spacial score (nSPS) is 16.0. The summed E-state index contributed by atoms with van der Waals surface area (Å²) in [4.78, 5) is 3.47. The molecule has 1 heterocycles. The lowest BCUT2D eigenvalue weighted by atomic mass is 10.1. The maximum atomic E-state index is 6.22. The number of rotatable bonds is 4. The Bertz CT molecular complexity index is 869. The average molecular weight is 344 g/mol. The first-order chi connectivity index (χ1) is 11.2. The van der Waals surface area contributed by atoms with Crippen LogP contribution < -0.4 is 10.6 Å². The molecule has 0 spiro atoms. The van der Waals surface area contributed by atoms with Gasteiger partial charge >= 0.3 is 0 Å². The summed E-state index contributed by atoms with van der Waals surface area (Å²) in [5.74, 6) is 0.752. The molecule has 1 unspecified atom stereocenters. The van der Waals surface area contributed by atoms with Gasteiger partial charge in [0.05, 0.1) is 8.15 Å². The van der Waals surface area contributed by atoms with Crippen LogP contribution in [0.1, 0.15) is 30.0 Å². The maximum Gasteiger partial charge on any atom is 0.0937 e. The summed E-state index contributed by atoms with van der Waals surface area (Å²) in [6.07, 6.45) is 2.63. The monoisotopic (exact) mass is 343 g/mol. The van der Waals surface area contributed by atoms with E-state index in [1.165, 1.54) is 34.4 Å². The van der Waals surface area contributed by atoms with E-state index in [4.69, 9.17) is 16.1 Å². The highest BCUT2D eigenvalue weighted by atomic mass is 35.5. The average Bonchev–Trinajstić information content (AvgIpc) is 3.35. The number of H-pyrrole nitrogens is 1. The van der Waals surface area contributed by atoms with Crippen LogP contribution in [0.5, 0.6) is 0 Å². The van der Waals surface area contributed by atoms with E-state index in [1.54, 1.807) is 7.11 Å². The second kappa shape index (κ2) is 5.94. The van der Waals surface area contributed by atoms with Gasteiger partial charge in [0.15, 0.2) is 0 Å². The first-order valence-corrected chi connectivity index (χ1v) is 9.53. The molecule has 0 amide bonds. The second-order valence-corrected chi connectivity index (χ2v) is 8.49. The number of benzene rings is 2. The van der Waals surface area contributed by atoms with Gasteiger partial charge in [-0.1, -0.05) is 29.8 Å². The highest BCUT2D eigenvalue weighted by Crippen LogP contribution is 2.43. The summed E-state index contributed by atoms with van der Waals surface area (Å²) in [7, 11) is 0.956. The molecule has 3 aromatic rings. The van der Waals surface area contributed by atoms with Crippen LogP contribution in [0, 0.1) is 6.92 Å². The predicted octanol–water partition coefficient (Wildman–Crippen LogP) is 5.00. The fourth-order valence-corrected chi connectivity index (χ4v) is 5.27. The number of fused-ring (bicyclic) bond motifs is 1. The van der Waals surface area contributed by atoms with E-state index in [1.807, 2.05) is 18.2 Å². The van der Waals surface area contributed by atoms with Gasteiger partial charge in [0.25, 0.3) is 0 Å².